The van der Waals surface area contributed by atoms with E-state index >= 15 is 0 Å². The number of carbonyl (C=O) groups is 1. The molecule has 1 aliphatic heterocycles. The Morgan fingerprint density at radius 1 is 0.909 bits per heavy atom. The molecule has 0 spiro atoms. The second-order valence-electron chi connectivity index (χ2n) is 11.3. The molecule has 1 aromatic heterocycles. The summed E-state index contributed by atoms with van der Waals surface area (Å²) >= 11 is 6.16. The smallest absolute Gasteiger partial charge is 0.239 e. The number of hydrogen-bond donors (Lipinski definition) is 2. The van der Waals surface area contributed by atoms with E-state index in [-0.39, 0.29) is 12.2 Å². The molecule has 3 aromatic carbocycles. The molecule has 0 fully saturated rings. The average molecular weight is 633 g/mol. The second kappa shape index (κ2) is 14.3. The zero-order chi connectivity index (χ0) is 31.1. The fourth-order valence-electron chi connectivity index (χ4n) is 5.39. The highest BCUT2D eigenvalue weighted by atomic mass is 35.5. The van der Waals surface area contributed by atoms with E-state index in [9.17, 15) is 18.3 Å². The first kappa shape index (κ1) is 31.6. The number of aliphatic hydroxyl groups is 1. The van der Waals surface area contributed by atoms with E-state index in [2.05, 4.69) is 33.9 Å². The number of rotatable bonds is 12. The van der Waals surface area contributed by atoms with E-state index in [1.54, 1.807) is 24.3 Å². The van der Waals surface area contributed by atoms with Crippen LogP contribution in [0, 0.1) is 6.92 Å². The van der Waals surface area contributed by atoms with Crippen LogP contribution in [-0.4, -0.2) is 48.6 Å². The number of aliphatic hydroxyl groups excluding tert-OH is 1. The molecule has 44 heavy (non-hydrogen) atoms. The highest BCUT2D eigenvalue weighted by Gasteiger charge is 2.28. The zero-order valence-electron chi connectivity index (χ0n) is 24.7. The van der Waals surface area contributed by atoms with Crippen molar-refractivity contribution in [3.05, 3.63) is 101 Å². The largest absolute Gasteiger partial charge is 0.391 e. The van der Waals surface area contributed by atoms with Crippen molar-refractivity contribution in [3.8, 4) is 22.5 Å². The Balaban J connectivity index is 1.21. The summed E-state index contributed by atoms with van der Waals surface area (Å²) in [6.07, 6.45) is 3.09. The number of nitrogens with one attached hydrogen (secondary N) is 1. The molecule has 230 valence electrons. The number of anilines is 1. The van der Waals surface area contributed by atoms with Gasteiger partial charge in [-0.2, -0.15) is 0 Å². The van der Waals surface area contributed by atoms with Crippen molar-refractivity contribution in [2.45, 2.75) is 57.3 Å². The lowest BCUT2D eigenvalue weighted by Gasteiger charge is -2.33. The second-order valence-corrected chi connectivity index (χ2v) is 13.5. The fraction of sp³-hybridized carbons (Fsp3) is 0.324. The van der Waals surface area contributed by atoms with Crippen LogP contribution in [0.3, 0.4) is 0 Å². The van der Waals surface area contributed by atoms with Gasteiger partial charge in [0.15, 0.2) is 5.82 Å². The Bertz CT molecular complexity index is 1680. The minimum Gasteiger partial charge on any atom is -0.391 e. The summed E-state index contributed by atoms with van der Waals surface area (Å²) in [7, 11) is -3.73. The molecule has 2 heterocycles. The normalized spacial score (nSPS) is 14.7. The van der Waals surface area contributed by atoms with Crippen molar-refractivity contribution >= 4 is 33.3 Å². The first-order valence-corrected chi connectivity index (χ1v) is 16.9. The van der Waals surface area contributed by atoms with Crippen molar-refractivity contribution in [3.63, 3.8) is 0 Å². The Kier molecular flexibility index (Phi) is 10.3. The molecule has 0 saturated heterocycles. The molecule has 1 unspecified atom stereocenters. The van der Waals surface area contributed by atoms with Crippen molar-refractivity contribution in [2.75, 3.05) is 18.0 Å². The van der Waals surface area contributed by atoms with Crippen LogP contribution in [0.5, 0.6) is 0 Å². The maximum Gasteiger partial charge on any atom is 0.239 e. The number of halogens is 1. The third kappa shape index (κ3) is 8.43. The van der Waals surface area contributed by atoms with Gasteiger partial charge in [0, 0.05) is 42.1 Å². The van der Waals surface area contributed by atoms with Crippen LogP contribution in [0.25, 0.3) is 22.5 Å². The summed E-state index contributed by atoms with van der Waals surface area (Å²) < 4.78 is 26.8. The molecule has 1 atom stereocenters. The third-order valence-electron chi connectivity index (χ3n) is 7.60. The highest BCUT2D eigenvalue weighted by molar-refractivity contribution is 7.89. The number of aryl methyl sites for hydroxylation is 1. The fourth-order valence-corrected chi connectivity index (χ4v) is 6.67. The van der Waals surface area contributed by atoms with Crippen molar-refractivity contribution in [1.82, 2.24) is 14.7 Å². The molecular weight excluding hydrogens is 596 g/mol. The predicted molar refractivity (Wildman–Crippen MR) is 175 cm³/mol. The van der Waals surface area contributed by atoms with Gasteiger partial charge in [0.1, 0.15) is 0 Å². The number of fused-ring (bicyclic) bond motifs is 1. The van der Waals surface area contributed by atoms with Gasteiger partial charge in [-0.05, 0) is 37.5 Å². The van der Waals surface area contributed by atoms with Crippen LogP contribution in [0.1, 0.15) is 48.9 Å². The molecular formula is C34H37ClN4O4S. The Labute approximate surface area is 264 Å². The SMILES string of the molecule is Cc1ccc(-c2nc3c(nc2-c2ccc(Cl)cc2)CC(O)CN3CCCCCCC(=O)NS(=O)(=O)Cc2ccccc2)cc1. The van der Waals surface area contributed by atoms with Gasteiger partial charge in [0.2, 0.25) is 15.9 Å². The number of aromatic nitrogens is 2. The lowest BCUT2D eigenvalue weighted by atomic mass is 10.0. The minimum absolute atomic E-state index is 0.151. The van der Waals surface area contributed by atoms with Crippen LogP contribution in [0.4, 0.5) is 5.82 Å². The van der Waals surface area contributed by atoms with Crippen molar-refractivity contribution < 1.29 is 18.3 Å². The quantitative estimate of drug-likeness (QED) is 0.182. The van der Waals surface area contributed by atoms with Gasteiger partial charge in [-0.1, -0.05) is 96.7 Å². The van der Waals surface area contributed by atoms with Crippen molar-refractivity contribution in [1.29, 1.82) is 0 Å². The van der Waals surface area contributed by atoms with Gasteiger partial charge in [0.25, 0.3) is 0 Å². The number of carbonyl (C=O) groups excluding carboxylic acids is 1. The van der Waals surface area contributed by atoms with Gasteiger partial charge in [0.05, 0.1) is 28.9 Å². The number of sulfonamides is 1. The molecule has 0 radical (unpaired) electrons. The lowest BCUT2D eigenvalue weighted by Crippen LogP contribution is -2.40. The summed E-state index contributed by atoms with van der Waals surface area (Å²) in [6.45, 7) is 3.20. The molecule has 1 amide bonds. The number of unbranched alkanes of at least 4 members (excludes halogenated alkanes) is 3. The summed E-state index contributed by atoms with van der Waals surface area (Å²) in [4.78, 5) is 24.6. The standard InChI is InChI=1S/C34H37ClN4O4S/c1-24-12-14-26(15-13-24)33-32(27-16-18-28(35)19-17-27)36-30-21-29(40)22-39(34(30)37-33)20-8-3-2-7-11-31(41)38-44(42,43)23-25-9-5-4-6-10-25/h4-6,9-10,12-19,29,40H,2-3,7-8,11,20-23H2,1H3,(H,38,41). The predicted octanol–water partition coefficient (Wildman–Crippen LogP) is 6.09. The molecule has 5 rings (SSSR count). The summed E-state index contributed by atoms with van der Waals surface area (Å²) in [5.41, 5.74) is 5.95. The molecule has 10 heteroatoms. The number of β-amino-alcohol motifs (C(OH)–C–C–N with tert-alkyl or cyclic N) is 1. The van der Waals surface area contributed by atoms with E-state index in [0.29, 0.717) is 36.5 Å². The Hall–Kier alpha value is -3.79. The molecule has 4 aromatic rings. The van der Waals surface area contributed by atoms with Gasteiger partial charge < -0.3 is 10.0 Å². The van der Waals surface area contributed by atoms with Crippen LogP contribution in [0.2, 0.25) is 5.02 Å². The molecule has 0 bridgehead atoms. The lowest BCUT2D eigenvalue weighted by molar-refractivity contribution is -0.119. The maximum absolute atomic E-state index is 12.3. The maximum atomic E-state index is 12.3. The molecule has 2 N–H and O–H groups in total. The molecule has 0 saturated carbocycles. The first-order chi connectivity index (χ1) is 21.2. The van der Waals surface area contributed by atoms with Crippen LogP contribution in [0.15, 0.2) is 78.9 Å². The first-order valence-electron chi connectivity index (χ1n) is 14.9. The van der Waals surface area contributed by atoms with E-state index in [1.165, 1.54) is 0 Å². The van der Waals surface area contributed by atoms with Gasteiger partial charge in [-0.3, -0.25) is 9.52 Å². The average Bonchev–Trinajstić information content (AvgIpc) is 2.99. The van der Waals surface area contributed by atoms with Crippen LogP contribution in [-0.2, 0) is 27.0 Å². The summed E-state index contributed by atoms with van der Waals surface area (Å²) in [5.74, 6) is 0.0781. The summed E-state index contributed by atoms with van der Waals surface area (Å²) in [5, 5.41) is 11.4. The van der Waals surface area contributed by atoms with E-state index in [4.69, 9.17) is 21.6 Å². The topological polar surface area (TPSA) is 112 Å². The zero-order valence-corrected chi connectivity index (χ0v) is 26.3. The van der Waals surface area contributed by atoms with Gasteiger partial charge in [-0.25, -0.2) is 18.4 Å². The monoisotopic (exact) mass is 632 g/mol. The van der Waals surface area contributed by atoms with E-state index in [0.717, 1.165) is 58.9 Å². The molecule has 0 aliphatic carbocycles. The highest BCUT2D eigenvalue weighted by Crippen LogP contribution is 2.35. The number of benzene rings is 3. The Morgan fingerprint density at radius 3 is 2.25 bits per heavy atom. The van der Waals surface area contributed by atoms with Crippen molar-refractivity contribution in [2.24, 2.45) is 0 Å². The summed E-state index contributed by atoms with van der Waals surface area (Å²) in [6, 6.07) is 24.6. The van der Waals surface area contributed by atoms with E-state index < -0.39 is 22.0 Å². The number of hydrogen-bond acceptors (Lipinski definition) is 7. The Morgan fingerprint density at radius 2 is 1.55 bits per heavy atom. The van der Waals surface area contributed by atoms with E-state index in [1.807, 2.05) is 37.3 Å². The minimum atomic E-state index is -3.73. The van der Waals surface area contributed by atoms with Gasteiger partial charge in [-0.15, -0.1) is 0 Å². The van der Waals surface area contributed by atoms with Crippen LogP contribution < -0.4 is 9.62 Å². The van der Waals surface area contributed by atoms with Gasteiger partial charge >= 0.3 is 0 Å². The molecule has 8 nitrogen and oxygen atoms in total. The third-order valence-corrected chi connectivity index (χ3v) is 9.10. The number of nitrogens with zero attached hydrogens (tertiary/aromatic N) is 3. The molecule has 1 aliphatic rings. The van der Waals surface area contributed by atoms with Crippen LogP contribution >= 0.6 is 11.6 Å². The number of amides is 1.